The van der Waals surface area contributed by atoms with E-state index in [1.54, 1.807) is 6.07 Å². The van der Waals surface area contributed by atoms with Gasteiger partial charge in [-0.15, -0.1) is 0 Å². The normalized spacial score (nSPS) is 15.7. The van der Waals surface area contributed by atoms with Crippen LogP contribution in [0.1, 0.15) is 38.5 Å². The van der Waals surface area contributed by atoms with Gasteiger partial charge >= 0.3 is 0 Å². The van der Waals surface area contributed by atoms with Crippen molar-refractivity contribution in [1.82, 2.24) is 15.1 Å². The van der Waals surface area contributed by atoms with E-state index in [0.29, 0.717) is 5.69 Å². The van der Waals surface area contributed by atoms with Crippen molar-refractivity contribution < 1.29 is 4.79 Å². The molecule has 0 aliphatic heterocycles. The first-order valence-corrected chi connectivity index (χ1v) is 8.65. The molecule has 24 heavy (non-hydrogen) atoms. The minimum absolute atomic E-state index is 0.0317. The smallest absolute Gasteiger partial charge is 0.267 e. The largest absolute Gasteiger partial charge is 0.352 e. The molecule has 1 amide bonds. The maximum Gasteiger partial charge on any atom is 0.267 e. The molecule has 0 radical (unpaired) electrons. The topological polar surface area (TPSA) is 64.0 Å². The van der Waals surface area contributed by atoms with E-state index in [2.05, 4.69) is 10.4 Å². The Morgan fingerprint density at radius 1 is 1.04 bits per heavy atom. The highest BCUT2D eigenvalue weighted by Crippen LogP contribution is 2.17. The van der Waals surface area contributed by atoms with E-state index in [9.17, 15) is 9.59 Å². The second kappa shape index (κ2) is 7.90. The van der Waals surface area contributed by atoms with Gasteiger partial charge in [-0.1, -0.05) is 56.0 Å². The van der Waals surface area contributed by atoms with Crippen LogP contribution in [0.15, 0.2) is 47.3 Å². The van der Waals surface area contributed by atoms with Gasteiger partial charge in [0, 0.05) is 17.7 Å². The number of rotatable bonds is 4. The number of carbonyl (C=O) groups excluding carboxylic acids is 1. The Bertz CT molecular complexity index is 732. The molecule has 0 unspecified atom stereocenters. The van der Waals surface area contributed by atoms with Crippen LogP contribution < -0.4 is 10.9 Å². The van der Waals surface area contributed by atoms with Crippen molar-refractivity contribution in [3.05, 3.63) is 52.8 Å². The minimum Gasteiger partial charge on any atom is -0.352 e. The van der Waals surface area contributed by atoms with E-state index in [1.165, 1.54) is 23.6 Å². The third-order valence-corrected chi connectivity index (χ3v) is 4.45. The number of hydrogen-bond acceptors (Lipinski definition) is 3. The van der Waals surface area contributed by atoms with E-state index < -0.39 is 0 Å². The van der Waals surface area contributed by atoms with Crippen LogP contribution in [-0.2, 0) is 11.3 Å². The number of aromatic nitrogens is 2. The molecule has 2 aromatic rings. The van der Waals surface area contributed by atoms with Gasteiger partial charge in [-0.3, -0.25) is 9.59 Å². The lowest BCUT2D eigenvalue weighted by molar-refractivity contribution is -0.122. The van der Waals surface area contributed by atoms with Crippen molar-refractivity contribution in [3.63, 3.8) is 0 Å². The number of amides is 1. The quantitative estimate of drug-likeness (QED) is 0.879. The third-order valence-electron chi connectivity index (χ3n) is 4.45. The Labute approximate surface area is 141 Å². The van der Waals surface area contributed by atoms with Gasteiger partial charge in [0.1, 0.15) is 6.54 Å². The molecule has 1 heterocycles. The zero-order valence-electron chi connectivity index (χ0n) is 13.8. The summed E-state index contributed by atoms with van der Waals surface area (Å²) in [4.78, 5) is 24.3. The zero-order chi connectivity index (χ0) is 16.8. The van der Waals surface area contributed by atoms with Crippen molar-refractivity contribution in [1.29, 1.82) is 0 Å². The molecule has 1 aliphatic carbocycles. The predicted octanol–water partition coefficient (Wildman–Crippen LogP) is 2.75. The molecule has 1 saturated carbocycles. The number of nitrogens with one attached hydrogen (secondary N) is 1. The summed E-state index contributed by atoms with van der Waals surface area (Å²) in [5.41, 5.74) is 1.36. The molecule has 1 fully saturated rings. The second-order valence-electron chi connectivity index (χ2n) is 6.34. The molecule has 1 aromatic heterocycles. The van der Waals surface area contributed by atoms with Crippen LogP contribution in [0.2, 0.25) is 0 Å². The highest BCUT2D eigenvalue weighted by molar-refractivity contribution is 5.76. The number of nitrogens with zero attached hydrogens (tertiary/aromatic N) is 2. The first-order valence-electron chi connectivity index (χ1n) is 8.65. The van der Waals surface area contributed by atoms with E-state index >= 15 is 0 Å². The summed E-state index contributed by atoms with van der Waals surface area (Å²) >= 11 is 0. The Kier molecular flexibility index (Phi) is 5.41. The van der Waals surface area contributed by atoms with Crippen LogP contribution in [0.5, 0.6) is 0 Å². The second-order valence-corrected chi connectivity index (χ2v) is 6.34. The molecule has 0 saturated heterocycles. The number of carbonyl (C=O) groups is 1. The molecule has 0 bridgehead atoms. The molecular weight excluding hydrogens is 302 g/mol. The van der Waals surface area contributed by atoms with Gasteiger partial charge < -0.3 is 5.32 Å². The number of benzene rings is 1. The first kappa shape index (κ1) is 16.4. The van der Waals surface area contributed by atoms with Crippen molar-refractivity contribution in [2.24, 2.45) is 0 Å². The molecular formula is C19H23N3O2. The predicted molar refractivity (Wildman–Crippen MR) is 93.6 cm³/mol. The van der Waals surface area contributed by atoms with Crippen LogP contribution in [-0.4, -0.2) is 21.7 Å². The molecule has 1 N–H and O–H groups in total. The summed E-state index contributed by atoms with van der Waals surface area (Å²) < 4.78 is 1.24. The van der Waals surface area contributed by atoms with Crippen molar-refractivity contribution in [2.45, 2.75) is 51.1 Å². The summed E-state index contributed by atoms with van der Waals surface area (Å²) in [6.07, 6.45) is 6.86. The van der Waals surface area contributed by atoms with Gasteiger partial charge in [-0.25, -0.2) is 4.68 Å². The fourth-order valence-corrected chi connectivity index (χ4v) is 3.16. The standard InChI is InChI=1S/C19H23N3O2/c23-18(20-16-10-6-1-2-7-11-16)14-22-19(24)13-12-17(21-22)15-8-4-3-5-9-15/h3-5,8-9,12-13,16H,1-2,6-7,10-11,14H2,(H,20,23). The summed E-state index contributed by atoms with van der Waals surface area (Å²) in [5, 5.41) is 7.39. The van der Waals surface area contributed by atoms with Crippen molar-refractivity contribution in [2.75, 3.05) is 0 Å². The lowest BCUT2D eigenvalue weighted by Gasteiger charge is -2.16. The van der Waals surface area contributed by atoms with Gasteiger partial charge in [0.15, 0.2) is 0 Å². The lowest BCUT2D eigenvalue weighted by atomic mass is 10.1. The molecule has 5 nitrogen and oxygen atoms in total. The van der Waals surface area contributed by atoms with Crippen LogP contribution in [0.3, 0.4) is 0 Å². The van der Waals surface area contributed by atoms with Crippen LogP contribution >= 0.6 is 0 Å². The average Bonchev–Trinajstić information content (AvgIpc) is 2.86. The molecule has 1 aromatic carbocycles. The van der Waals surface area contributed by atoms with Gasteiger partial charge in [0.2, 0.25) is 5.91 Å². The highest BCUT2D eigenvalue weighted by atomic mass is 16.2. The van der Waals surface area contributed by atoms with Gasteiger partial charge in [-0.05, 0) is 18.9 Å². The maximum atomic E-state index is 12.3. The average molecular weight is 325 g/mol. The molecule has 3 rings (SSSR count). The zero-order valence-corrected chi connectivity index (χ0v) is 13.8. The Morgan fingerprint density at radius 3 is 2.46 bits per heavy atom. The maximum absolute atomic E-state index is 12.3. The van der Waals surface area contributed by atoms with E-state index in [4.69, 9.17) is 0 Å². The van der Waals surface area contributed by atoms with E-state index in [1.807, 2.05) is 30.3 Å². The minimum atomic E-state index is -0.259. The van der Waals surface area contributed by atoms with Gasteiger partial charge in [-0.2, -0.15) is 5.10 Å². The summed E-state index contributed by atoms with van der Waals surface area (Å²) in [6.45, 7) is -0.0317. The van der Waals surface area contributed by atoms with E-state index in [0.717, 1.165) is 31.2 Å². The summed E-state index contributed by atoms with van der Waals surface area (Å²) in [7, 11) is 0. The van der Waals surface area contributed by atoms with Gasteiger partial charge in [0.05, 0.1) is 5.69 Å². The summed E-state index contributed by atoms with van der Waals surface area (Å²) in [6, 6.07) is 13.0. The van der Waals surface area contributed by atoms with E-state index in [-0.39, 0.29) is 24.1 Å². The SMILES string of the molecule is O=C(Cn1nc(-c2ccccc2)ccc1=O)NC1CCCCCC1. The van der Waals surface area contributed by atoms with Crippen molar-refractivity contribution >= 4 is 5.91 Å². The fourth-order valence-electron chi connectivity index (χ4n) is 3.16. The fraction of sp³-hybridized carbons (Fsp3) is 0.421. The molecule has 1 aliphatic rings. The van der Waals surface area contributed by atoms with Crippen LogP contribution in [0, 0.1) is 0 Å². The molecule has 5 heteroatoms. The third kappa shape index (κ3) is 4.31. The van der Waals surface area contributed by atoms with Crippen LogP contribution in [0.4, 0.5) is 0 Å². The van der Waals surface area contributed by atoms with Gasteiger partial charge in [0.25, 0.3) is 5.56 Å². The van der Waals surface area contributed by atoms with Crippen molar-refractivity contribution in [3.8, 4) is 11.3 Å². The molecule has 0 atom stereocenters. The Hall–Kier alpha value is -2.43. The molecule has 0 spiro atoms. The highest BCUT2D eigenvalue weighted by Gasteiger charge is 2.15. The Morgan fingerprint density at radius 2 is 1.75 bits per heavy atom. The summed E-state index contributed by atoms with van der Waals surface area (Å²) in [5.74, 6) is -0.137. The molecule has 126 valence electrons. The monoisotopic (exact) mass is 325 g/mol. The number of hydrogen-bond donors (Lipinski definition) is 1. The van der Waals surface area contributed by atoms with Crippen LogP contribution in [0.25, 0.3) is 11.3 Å². The first-order chi connectivity index (χ1) is 11.7. The Balaban J connectivity index is 1.70. The lowest BCUT2D eigenvalue weighted by Crippen LogP contribution is -2.39.